The molecule has 0 spiro atoms. The highest BCUT2D eigenvalue weighted by atomic mass is 35.5. The standard InChI is InChI=1S/C23H20ClFN6O2S/c24-17-8-6-14(7-9-17)21-27-28-23(34)31(21)13-19(32)30-10-2-4-16(12-30)22-26-20(29-33-22)15-3-1-5-18(25)11-15/h1,3,5-9,11,16H,2,4,10,12-13H2,(H,28,34). The fourth-order valence-electron chi connectivity index (χ4n) is 4.07. The molecule has 0 aliphatic carbocycles. The molecule has 1 unspecified atom stereocenters. The van der Waals surface area contributed by atoms with Gasteiger partial charge in [0.1, 0.15) is 12.4 Å². The number of aromatic nitrogens is 5. The van der Waals surface area contributed by atoms with E-state index in [4.69, 9.17) is 28.3 Å². The minimum Gasteiger partial charge on any atom is -0.340 e. The Bertz CT molecular complexity index is 1380. The highest BCUT2D eigenvalue weighted by Crippen LogP contribution is 2.28. The molecular formula is C23H20ClFN6O2S. The first-order valence-electron chi connectivity index (χ1n) is 10.8. The van der Waals surface area contributed by atoms with Crippen molar-refractivity contribution in [3.8, 4) is 22.8 Å². The lowest BCUT2D eigenvalue weighted by atomic mass is 9.98. The zero-order valence-corrected chi connectivity index (χ0v) is 19.5. The van der Waals surface area contributed by atoms with Crippen molar-refractivity contribution < 1.29 is 13.7 Å². The number of nitrogens with zero attached hydrogens (tertiary/aromatic N) is 5. The Hall–Kier alpha value is -3.37. The van der Waals surface area contributed by atoms with Crippen LogP contribution in [0.15, 0.2) is 53.1 Å². The van der Waals surface area contributed by atoms with Gasteiger partial charge >= 0.3 is 0 Å². The van der Waals surface area contributed by atoms with E-state index in [1.807, 2.05) is 12.1 Å². The summed E-state index contributed by atoms with van der Waals surface area (Å²) >= 11 is 11.4. The van der Waals surface area contributed by atoms with Crippen molar-refractivity contribution in [2.45, 2.75) is 25.3 Å². The third-order valence-corrected chi connectivity index (χ3v) is 6.37. The van der Waals surface area contributed by atoms with E-state index in [9.17, 15) is 9.18 Å². The van der Waals surface area contributed by atoms with Gasteiger partial charge in [-0.3, -0.25) is 14.5 Å². The Labute approximate surface area is 204 Å². The fourth-order valence-corrected chi connectivity index (χ4v) is 4.39. The number of carbonyl (C=O) groups is 1. The van der Waals surface area contributed by atoms with E-state index < -0.39 is 0 Å². The predicted molar refractivity (Wildman–Crippen MR) is 126 cm³/mol. The first-order chi connectivity index (χ1) is 16.5. The van der Waals surface area contributed by atoms with E-state index in [1.165, 1.54) is 12.1 Å². The number of piperidine rings is 1. The molecule has 174 valence electrons. The molecule has 34 heavy (non-hydrogen) atoms. The first kappa shape index (κ1) is 22.4. The van der Waals surface area contributed by atoms with Gasteiger partial charge in [0.2, 0.25) is 17.6 Å². The third-order valence-electron chi connectivity index (χ3n) is 5.80. The number of likely N-dealkylation sites (tertiary alicyclic amines) is 1. The number of benzene rings is 2. The molecule has 1 aliphatic heterocycles. The van der Waals surface area contributed by atoms with Crippen LogP contribution in [0.1, 0.15) is 24.7 Å². The predicted octanol–water partition coefficient (Wildman–Crippen LogP) is 4.86. The summed E-state index contributed by atoms with van der Waals surface area (Å²) in [7, 11) is 0. The molecule has 4 aromatic rings. The van der Waals surface area contributed by atoms with Gasteiger partial charge in [-0.1, -0.05) is 28.9 Å². The van der Waals surface area contributed by atoms with Gasteiger partial charge < -0.3 is 9.42 Å². The van der Waals surface area contributed by atoms with Crippen LogP contribution < -0.4 is 0 Å². The maximum Gasteiger partial charge on any atom is 0.242 e. The molecule has 1 amide bonds. The number of hydrogen-bond acceptors (Lipinski definition) is 6. The Morgan fingerprint density at radius 3 is 2.85 bits per heavy atom. The summed E-state index contributed by atoms with van der Waals surface area (Å²) in [5, 5.41) is 11.7. The zero-order valence-electron chi connectivity index (χ0n) is 17.9. The maximum absolute atomic E-state index is 13.5. The number of rotatable bonds is 5. The summed E-state index contributed by atoms with van der Waals surface area (Å²) in [5.41, 5.74) is 1.35. The highest BCUT2D eigenvalue weighted by molar-refractivity contribution is 7.71. The van der Waals surface area contributed by atoms with E-state index in [1.54, 1.807) is 33.7 Å². The fraction of sp³-hybridized carbons (Fsp3) is 0.261. The molecule has 1 saturated heterocycles. The minimum atomic E-state index is -0.367. The van der Waals surface area contributed by atoms with Gasteiger partial charge in [0.05, 0.1) is 5.92 Å². The molecule has 1 fully saturated rings. The van der Waals surface area contributed by atoms with Crippen molar-refractivity contribution in [3.63, 3.8) is 0 Å². The van der Waals surface area contributed by atoms with Gasteiger partial charge in [0.25, 0.3) is 0 Å². The second kappa shape index (κ2) is 9.47. The summed E-state index contributed by atoms with van der Waals surface area (Å²) < 4.78 is 21.1. The van der Waals surface area contributed by atoms with Crippen molar-refractivity contribution in [1.82, 2.24) is 29.8 Å². The van der Waals surface area contributed by atoms with E-state index in [-0.39, 0.29) is 24.2 Å². The maximum atomic E-state index is 13.5. The van der Waals surface area contributed by atoms with Crippen LogP contribution in [0, 0.1) is 10.6 Å². The third kappa shape index (κ3) is 4.64. The minimum absolute atomic E-state index is 0.0540. The number of aromatic amines is 1. The Morgan fingerprint density at radius 1 is 1.24 bits per heavy atom. The number of halogens is 2. The highest BCUT2D eigenvalue weighted by Gasteiger charge is 2.29. The smallest absolute Gasteiger partial charge is 0.242 e. The van der Waals surface area contributed by atoms with E-state index >= 15 is 0 Å². The molecule has 2 aromatic carbocycles. The average molecular weight is 499 g/mol. The second-order valence-corrected chi connectivity index (χ2v) is 8.91. The Morgan fingerprint density at radius 2 is 2.06 bits per heavy atom. The summed E-state index contributed by atoms with van der Waals surface area (Å²) in [5.74, 6) is 0.797. The largest absolute Gasteiger partial charge is 0.340 e. The van der Waals surface area contributed by atoms with E-state index in [0.717, 1.165) is 18.4 Å². The normalized spacial score (nSPS) is 16.1. The molecule has 5 rings (SSSR count). The SMILES string of the molecule is O=C(Cn1c(-c2ccc(Cl)cc2)n[nH]c1=S)N1CCCC(c2nc(-c3cccc(F)c3)no2)C1. The van der Waals surface area contributed by atoms with Crippen LogP contribution in [0.3, 0.4) is 0 Å². The molecule has 1 atom stereocenters. The van der Waals surface area contributed by atoms with Crippen LogP contribution in [-0.4, -0.2) is 48.8 Å². The van der Waals surface area contributed by atoms with Gasteiger partial charge in [-0.25, -0.2) is 4.39 Å². The quantitative estimate of drug-likeness (QED) is 0.395. The van der Waals surface area contributed by atoms with Crippen LogP contribution in [0.5, 0.6) is 0 Å². The van der Waals surface area contributed by atoms with Gasteiger partial charge in [0.15, 0.2) is 10.6 Å². The number of nitrogens with one attached hydrogen (secondary N) is 1. The molecular weight excluding hydrogens is 479 g/mol. The lowest BCUT2D eigenvalue weighted by Gasteiger charge is -2.31. The second-order valence-electron chi connectivity index (χ2n) is 8.09. The lowest BCUT2D eigenvalue weighted by molar-refractivity contribution is -0.133. The molecule has 3 heterocycles. The molecule has 8 nitrogen and oxygen atoms in total. The van der Waals surface area contributed by atoms with E-state index in [0.29, 0.717) is 46.0 Å². The van der Waals surface area contributed by atoms with Crippen LogP contribution in [0.25, 0.3) is 22.8 Å². The lowest BCUT2D eigenvalue weighted by Crippen LogP contribution is -2.41. The summed E-state index contributed by atoms with van der Waals surface area (Å²) in [4.78, 5) is 19.4. The molecule has 1 N–H and O–H groups in total. The summed E-state index contributed by atoms with van der Waals surface area (Å²) in [6.45, 7) is 1.13. The zero-order chi connectivity index (χ0) is 23.7. The topological polar surface area (TPSA) is 92.8 Å². The molecule has 0 saturated carbocycles. The van der Waals surface area contributed by atoms with Crippen molar-refractivity contribution in [3.05, 3.63) is 70.0 Å². The Balaban J connectivity index is 1.31. The van der Waals surface area contributed by atoms with Gasteiger partial charge in [0, 0.05) is 29.2 Å². The summed E-state index contributed by atoms with van der Waals surface area (Å²) in [6.07, 6.45) is 1.62. The number of H-pyrrole nitrogens is 1. The Kier molecular flexibility index (Phi) is 6.25. The van der Waals surface area contributed by atoms with Gasteiger partial charge in [-0.15, -0.1) is 0 Å². The van der Waals surface area contributed by atoms with Gasteiger partial charge in [-0.05, 0) is 61.5 Å². The van der Waals surface area contributed by atoms with Crippen LogP contribution >= 0.6 is 23.8 Å². The first-order valence-corrected chi connectivity index (χ1v) is 11.5. The van der Waals surface area contributed by atoms with Crippen molar-refractivity contribution in [2.24, 2.45) is 0 Å². The van der Waals surface area contributed by atoms with Crippen LogP contribution in [0.2, 0.25) is 5.02 Å². The van der Waals surface area contributed by atoms with Crippen molar-refractivity contribution in [2.75, 3.05) is 13.1 Å². The molecule has 0 bridgehead atoms. The molecule has 0 radical (unpaired) electrons. The number of amides is 1. The summed E-state index contributed by atoms with van der Waals surface area (Å²) in [6, 6.07) is 13.2. The average Bonchev–Trinajstić information content (AvgIpc) is 3.48. The molecule has 2 aromatic heterocycles. The van der Waals surface area contributed by atoms with Gasteiger partial charge in [-0.2, -0.15) is 10.1 Å². The van der Waals surface area contributed by atoms with Crippen molar-refractivity contribution >= 4 is 29.7 Å². The number of carbonyl (C=O) groups excluding carboxylic acids is 1. The monoisotopic (exact) mass is 498 g/mol. The van der Waals surface area contributed by atoms with Crippen LogP contribution in [0.4, 0.5) is 4.39 Å². The molecule has 1 aliphatic rings. The van der Waals surface area contributed by atoms with Crippen molar-refractivity contribution in [1.29, 1.82) is 0 Å². The number of hydrogen-bond donors (Lipinski definition) is 1. The molecule has 11 heteroatoms. The van der Waals surface area contributed by atoms with Crippen LogP contribution in [-0.2, 0) is 11.3 Å². The van der Waals surface area contributed by atoms with E-state index in [2.05, 4.69) is 20.3 Å².